The molecule has 0 fully saturated rings. The number of fused-ring (bicyclic) bond motifs is 1. The predicted molar refractivity (Wildman–Crippen MR) is 80.0 cm³/mol. The number of aliphatic hydroxyl groups is 1. The Kier molecular flexibility index (Phi) is 3.20. The lowest BCUT2D eigenvalue weighted by Gasteiger charge is -2.10. The summed E-state index contributed by atoms with van der Waals surface area (Å²) >= 11 is 4.98. The minimum atomic E-state index is -0.550. The zero-order valence-electron chi connectivity index (χ0n) is 9.51. The van der Waals surface area contributed by atoms with Gasteiger partial charge >= 0.3 is 0 Å². The van der Waals surface area contributed by atoms with Crippen LogP contribution in [0.1, 0.15) is 16.5 Å². The molecule has 1 atom stereocenters. The number of benzene rings is 2. The largest absolute Gasteiger partial charge is 0.383 e. The van der Waals surface area contributed by atoms with Crippen LogP contribution in [-0.2, 0) is 0 Å². The van der Waals surface area contributed by atoms with Crippen molar-refractivity contribution in [2.75, 3.05) is 0 Å². The molecule has 1 nitrogen and oxygen atoms in total. The molecule has 0 saturated heterocycles. The zero-order valence-corrected chi connectivity index (χ0v) is 11.9. The van der Waals surface area contributed by atoms with Gasteiger partial charge in [-0.3, -0.25) is 0 Å². The first-order chi connectivity index (χ1) is 8.74. The van der Waals surface area contributed by atoms with Crippen LogP contribution >= 0.6 is 27.3 Å². The van der Waals surface area contributed by atoms with Crippen LogP contribution in [0.4, 0.5) is 0 Å². The van der Waals surface area contributed by atoms with Crippen molar-refractivity contribution in [3.05, 3.63) is 68.8 Å². The van der Waals surface area contributed by atoms with Gasteiger partial charge in [-0.2, -0.15) is 0 Å². The van der Waals surface area contributed by atoms with E-state index in [9.17, 15) is 5.11 Å². The van der Waals surface area contributed by atoms with Crippen molar-refractivity contribution in [1.82, 2.24) is 0 Å². The number of halogens is 1. The fraction of sp³-hybridized carbons (Fsp3) is 0.0667. The van der Waals surface area contributed by atoms with E-state index in [1.165, 1.54) is 5.39 Å². The Bertz CT molecular complexity index is 690. The Morgan fingerprint density at radius 1 is 0.944 bits per heavy atom. The molecule has 1 N–H and O–H groups in total. The molecular weight excluding hydrogens is 308 g/mol. The van der Waals surface area contributed by atoms with E-state index in [2.05, 4.69) is 34.1 Å². The van der Waals surface area contributed by atoms with E-state index in [4.69, 9.17) is 0 Å². The Labute approximate surface area is 118 Å². The number of aliphatic hydroxyl groups excluding tert-OH is 1. The maximum Gasteiger partial charge on any atom is 0.113 e. The number of hydrogen-bond donors (Lipinski definition) is 1. The van der Waals surface area contributed by atoms with Gasteiger partial charge in [0.2, 0.25) is 0 Å². The van der Waals surface area contributed by atoms with Gasteiger partial charge < -0.3 is 5.11 Å². The number of thiophene rings is 1. The van der Waals surface area contributed by atoms with Gasteiger partial charge in [0.05, 0.1) is 3.79 Å². The fourth-order valence-corrected chi connectivity index (χ4v) is 3.46. The Morgan fingerprint density at radius 2 is 1.72 bits per heavy atom. The Balaban J connectivity index is 2.03. The van der Waals surface area contributed by atoms with Gasteiger partial charge in [0.15, 0.2) is 0 Å². The summed E-state index contributed by atoms with van der Waals surface area (Å²) in [7, 11) is 0. The third-order valence-corrected chi connectivity index (χ3v) is 4.63. The lowest BCUT2D eigenvalue weighted by molar-refractivity contribution is 0.224. The summed E-state index contributed by atoms with van der Waals surface area (Å²) in [6, 6.07) is 18.2. The van der Waals surface area contributed by atoms with Crippen LogP contribution in [-0.4, -0.2) is 5.11 Å². The first-order valence-corrected chi connectivity index (χ1v) is 7.27. The van der Waals surface area contributed by atoms with Gasteiger partial charge in [-0.05, 0) is 50.5 Å². The molecular formula is C15H11BrOS. The minimum absolute atomic E-state index is 0.550. The molecule has 1 unspecified atom stereocenters. The molecule has 0 saturated carbocycles. The summed E-state index contributed by atoms with van der Waals surface area (Å²) in [4.78, 5) is 0.956. The molecule has 3 heteroatoms. The molecule has 2 aromatic carbocycles. The van der Waals surface area contributed by atoms with Gasteiger partial charge in [0.1, 0.15) is 6.10 Å². The van der Waals surface area contributed by atoms with Gasteiger partial charge in [0.25, 0.3) is 0 Å². The zero-order chi connectivity index (χ0) is 12.5. The van der Waals surface area contributed by atoms with E-state index in [1.54, 1.807) is 11.3 Å². The molecule has 0 aliphatic heterocycles. The second-order valence-corrected chi connectivity index (χ2v) is 6.65. The van der Waals surface area contributed by atoms with Crippen LogP contribution in [0.3, 0.4) is 0 Å². The Morgan fingerprint density at radius 3 is 2.44 bits per heavy atom. The summed E-state index contributed by atoms with van der Waals surface area (Å²) in [5, 5.41) is 12.7. The minimum Gasteiger partial charge on any atom is -0.383 e. The van der Waals surface area contributed by atoms with Crippen molar-refractivity contribution in [2.45, 2.75) is 6.10 Å². The van der Waals surface area contributed by atoms with Crippen LogP contribution in [0.2, 0.25) is 0 Å². The molecule has 0 aliphatic rings. The van der Waals surface area contributed by atoms with E-state index in [-0.39, 0.29) is 0 Å². The Hall–Kier alpha value is -1.16. The highest BCUT2D eigenvalue weighted by Crippen LogP contribution is 2.32. The summed E-state index contributed by atoms with van der Waals surface area (Å²) in [6.07, 6.45) is -0.550. The van der Waals surface area contributed by atoms with Crippen molar-refractivity contribution in [1.29, 1.82) is 0 Å². The molecule has 0 aliphatic carbocycles. The highest BCUT2D eigenvalue weighted by molar-refractivity contribution is 9.11. The van der Waals surface area contributed by atoms with Gasteiger partial charge in [0, 0.05) is 4.88 Å². The molecule has 1 heterocycles. The lowest BCUT2D eigenvalue weighted by atomic mass is 10.0. The van der Waals surface area contributed by atoms with Gasteiger partial charge in [-0.25, -0.2) is 0 Å². The van der Waals surface area contributed by atoms with Crippen molar-refractivity contribution in [3.8, 4) is 0 Å². The summed E-state index contributed by atoms with van der Waals surface area (Å²) in [5.41, 5.74) is 0.933. The van der Waals surface area contributed by atoms with E-state index >= 15 is 0 Å². The summed E-state index contributed by atoms with van der Waals surface area (Å²) in [5.74, 6) is 0. The molecule has 0 spiro atoms. The summed E-state index contributed by atoms with van der Waals surface area (Å²) < 4.78 is 1.04. The molecule has 18 heavy (non-hydrogen) atoms. The van der Waals surface area contributed by atoms with Crippen molar-refractivity contribution >= 4 is 38.0 Å². The van der Waals surface area contributed by atoms with E-state index in [0.717, 1.165) is 19.6 Å². The molecule has 0 radical (unpaired) electrons. The standard InChI is InChI=1S/C15H11BrOS/c16-14-8-7-13(18-14)15(17)12-6-5-10-3-1-2-4-11(10)9-12/h1-9,15,17H. The first-order valence-electron chi connectivity index (χ1n) is 5.66. The highest BCUT2D eigenvalue weighted by Gasteiger charge is 2.12. The van der Waals surface area contributed by atoms with Crippen LogP contribution in [0.5, 0.6) is 0 Å². The third-order valence-electron chi connectivity index (χ3n) is 2.95. The normalized spacial score (nSPS) is 12.8. The number of rotatable bonds is 2. The molecule has 3 aromatic rings. The maximum absolute atomic E-state index is 10.4. The van der Waals surface area contributed by atoms with Crippen molar-refractivity contribution in [3.63, 3.8) is 0 Å². The topological polar surface area (TPSA) is 20.2 Å². The van der Waals surface area contributed by atoms with Crippen LogP contribution in [0.15, 0.2) is 58.4 Å². The van der Waals surface area contributed by atoms with E-state index < -0.39 is 6.10 Å². The monoisotopic (exact) mass is 318 g/mol. The molecule has 3 rings (SSSR count). The molecule has 0 amide bonds. The summed E-state index contributed by atoms with van der Waals surface area (Å²) in [6.45, 7) is 0. The molecule has 1 aromatic heterocycles. The lowest BCUT2D eigenvalue weighted by Crippen LogP contribution is -1.96. The van der Waals surface area contributed by atoms with Crippen molar-refractivity contribution < 1.29 is 5.11 Å². The average molecular weight is 319 g/mol. The van der Waals surface area contributed by atoms with E-state index in [0.29, 0.717) is 0 Å². The first kappa shape index (κ1) is 11.9. The van der Waals surface area contributed by atoms with Gasteiger partial charge in [-0.15, -0.1) is 11.3 Å². The third kappa shape index (κ3) is 2.21. The maximum atomic E-state index is 10.4. The SMILES string of the molecule is OC(c1ccc2ccccc2c1)c1ccc(Br)s1. The fourth-order valence-electron chi connectivity index (χ4n) is 2.02. The quantitative estimate of drug-likeness (QED) is 0.723. The van der Waals surface area contributed by atoms with E-state index in [1.807, 2.05) is 36.4 Å². The molecule has 0 bridgehead atoms. The second-order valence-electron chi connectivity index (χ2n) is 4.15. The highest BCUT2D eigenvalue weighted by atomic mass is 79.9. The number of hydrogen-bond acceptors (Lipinski definition) is 2. The smallest absolute Gasteiger partial charge is 0.113 e. The predicted octanol–water partition coefficient (Wildman–Crippen LogP) is 4.75. The van der Waals surface area contributed by atoms with Crippen LogP contribution in [0.25, 0.3) is 10.8 Å². The average Bonchev–Trinajstić information content (AvgIpc) is 2.84. The molecule has 90 valence electrons. The van der Waals surface area contributed by atoms with Crippen molar-refractivity contribution in [2.24, 2.45) is 0 Å². The second kappa shape index (κ2) is 4.84. The van der Waals surface area contributed by atoms with Crippen LogP contribution in [0, 0.1) is 0 Å². The van der Waals surface area contributed by atoms with Crippen LogP contribution < -0.4 is 0 Å². The van der Waals surface area contributed by atoms with Gasteiger partial charge in [-0.1, -0.05) is 36.4 Å².